The van der Waals surface area contributed by atoms with Crippen molar-refractivity contribution in [3.05, 3.63) is 36.7 Å². The van der Waals surface area contributed by atoms with Crippen LogP contribution in [0.4, 0.5) is 10.6 Å². The maximum atomic E-state index is 11.8. The minimum atomic E-state index is -0.509. The average molecular weight is 420 g/mol. The van der Waals surface area contributed by atoms with E-state index in [0.717, 1.165) is 33.1 Å². The van der Waals surface area contributed by atoms with Gasteiger partial charge in [0.2, 0.25) is 5.82 Å². The number of carbonyl (C=O) groups excluding carboxylic acids is 1. The van der Waals surface area contributed by atoms with Crippen LogP contribution in [0.5, 0.6) is 0 Å². The Hall–Kier alpha value is -3.82. The Labute approximate surface area is 178 Å². The molecule has 10 nitrogen and oxygen atoms in total. The molecule has 4 aromatic rings. The number of nitrogens with one attached hydrogen (secondary N) is 3. The number of anilines is 1. The van der Waals surface area contributed by atoms with Gasteiger partial charge in [-0.25, -0.2) is 9.78 Å². The molecule has 4 rings (SSSR count). The fraction of sp³-hybridized carbons (Fsp3) is 0.333. The van der Waals surface area contributed by atoms with E-state index >= 15 is 0 Å². The highest BCUT2D eigenvalue weighted by Crippen LogP contribution is 2.30. The van der Waals surface area contributed by atoms with Crippen molar-refractivity contribution in [3.8, 4) is 11.4 Å². The van der Waals surface area contributed by atoms with Crippen molar-refractivity contribution in [1.82, 2.24) is 35.9 Å². The van der Waals surface area contributed by atoms with E-state index in [1.54, 1.807) is 6.20 Å². The largest absolute Gasteiger partial charge is 0.444 e. The summed E-state index contributed by atoms with van der Waals surface area (Å²) in [4.78, 5) is 20.8. The Morgan fingerprint density at radius 3 is 2.77 bits per heavy atom. The number of aromatic nitrogens is 6. The smallest absolute Gasteiger partial charge is 0.407 e. The molecule has 0 spiro atoms. The molecule has 0 aliphatic carbocycles. The van der Waals surface area contributed by atoms with Crippen LogP contribution in [0.2, 0.25) is 0 Å². The van der Waals surface area contributed by atoms with Gasteiger partial charge in [-0.2, -0.15) is 5.21 Å². The quantitative estimate of drug-likeness (QED) is 0.320. The summed E-state index contributed by atoms with van der Waals surface area (Å²) in [6.07, 6.45) is 3.89. The number of tetrazole rings is 1. The van der Waals surface area contributed by atoms with Crippen molar-refractivity contribution in [2.45, 2.75) is 32.8 Å². The number of H-pyrrole nitrogens is 1. The monoisotopic (exact) mass is 420 g/mol. The highest BCUT2D eigenvalue weighted by Gasteiger charge is 2.15. The number of amides is 1. The zero-order valence-electron chi connectivity index (χ0n) is 17.6. The Morgan fingerprint density at radius 2 is 2.00 bits per heavy atom. The zero-order chi connectivity index (χ0) is 21.8. The first-order chi connectivity index (χ1) is 14.9. The number of aromatic amines is 1. The molecule has 3 aromatic heterocycles. The normalized spacial score (nSPS) is 11.6. The lowest BCUT2D eigenvalue weighted by Crippen LogP contribution is -2.33. The zero-order valence-corrected chi connectivity index (χ0v) is 17.6. The van der Waals surface area contributed by atoms with Gasteiger partial charge in [0.15, 0.2) is 0 Å². The first-order valence-corrected chi connectivity index (χ1v) is 10.0. The summed E-state index contributed by atoms with van der Waals surface area (Å²) in [5.41, 5.74) is 1.12. The number of nitrogens with zero attached hydrogens (tertiary/aromatic N) is 5. The molecule has 0 fully saturated rings. The third-order valence-corrected chi connectivity index (χ3v) is 4.51. The Morgan fingerprint density at radius 1 is 1.13 bits per heavy atom. The van der Waals surface area contributed by atoms with Gasteiger partial charge in [-0.15, -0.1) is 10.2 Å². The Kier molecular flexibility index (Phi) is 5.61. The number of ether oxygens (including phenoxy) is 1. The summed E-state index contributed by atoms with van der Waals surface area (Å²) in [5.74, 6) is 1.27. The number of benzene rings is 1. The average Bonchev–Trinajstić information content (AvgIpc) is 3.27. The maximum absolute atomic E-state index is 11.8. The molecule has 31 heavy (non-hydrogen) atoms. The van der Waals surface area contributed by atoms with Crippen LogP contribution in [0.25, 0.3) is 33.1 Å². The number of hydrogen-bond donors (Lipinski definition) is 3. The molecular formula is C21H24N8O2. The Balaban J connectivity index is 1.50. The number of rotatable bonds is 6. The molecule has 1 aromatic carbocycles. The molecule has 0 bridgehead atoms. The predicted molar refractivity (Wildman–Crippen MR) is 118 cm³/mol. The lowest BCUT2D eigenvalue weighted by atomic mass is 10.1. The van der Waals surface area contributed by atoms with Crippen LogP contribution in [0.1, 0.15) is 27.2 Å². The molecule has 1 amide bonds. The van der Waals surface area contributed by atoms with Gasteiger partial charge in [0.1, 0.15) is 11.4 Å². The van der Waals surface area contributed by atoms with Gasteiger partial charge < -0.3 is 15.4 Å². The second kappa shape index (κ2) is 8.50. The van der Waals surface area contributed by atoms with Crippen molar-refractivity contribution >= 4 is 33.6 Å². The first kappa shape index (κ1) is 20.5. The third kappa shape index (κ3) is 4.85. The number of pyridine rings is 2. The molecule has 0 atom stereocenters. The van der Waals surface area contributed by atoms with Crippen molar-refractivity contribution < 1.29 is 9.53 Å². The van der Waals surface area contributed by atoms with Gasteiger partial charge in [0.25, 0.3) is 0 Å². The second-order valence-corrected chi connectivity index (χ2v) is 8.06. The molecule has 0 saturated carbocycles. The Bertz CT molecular complexity index is 1200. The number of alkyl carbamates (subject to hydrolysis) is 1. The molecule has 10 heteroatoms. The van der Waals surface area contributed by atoms with Crippen LogP contribution in [0.15, 0.2) is 36.7 Å². The van der Waals surface area contributed by atoms with Gasteiger partial charge in [-0.05, 0) is 44.5 Å². The number of hydrogen-bond acceptors (Lipinski definition) is 8. The molecule has 0 aliphatic rings. The fourth-order valence-corrected chi connectivity index (χ4v) is 3.21. The maximum Gasteiger partial charge on any atom is 0.407 e. The van der Waals surface area contributed by atoms with Crippen LogP contribution < -0.4 is 10.6 Å². The lowest BCUT2D eigenvalue weighted by Gasteiger charge is -2.19. The summed E-state index contributed by atoms with van der Waals surface area (Å²) >= 11 is 0. The summed E-state index contributed by atoms with van der Waals surface area (Å²) in [6, 6.07) is 7.81. The van der Waals surface area contributed by atoms with Gasteiger partial charge in [0.05, 0.1) is 5.52 Å². The number of carbonyl (C=O) groups is 1. The van der Waals surface area contributed by atoms with Crippen LogP contribution in [-0.2, 0) is 4.74 Å². The summed E-state index contributed by atoms with van der Waals surface area (Å²) < 4.78 is 5.24. The second-order valence-electron chi connectivity index (χ2n) is 8.06. The van der Waals surface area contributed by atoms with Crippen LogP contribution in [-0.4, -0.2) is 55.4 Å². The van der Waals surface area contributed by atoms with E-state index in [4.69, 9.17) is 9.72 Å². The highest BCUT2D eigenvalue weighted by molar-refractivity contribution is 6.10. The van der Waals surface area contributed by atoms with Crippen molar-refractivity contribution in [2.75, 3.05) is 18.4 Å². The van der Waals surface area contributed by atoms with Crippen LogP contribution in [0, 0.1) is 0 Å². The SMILES string of the molecule is CC(C)(C)OC(=O)NCCCNc1nc2cc(-c3nn[nH]n3)ccc2c2cnccc12. The molecule has 0 radical (unpaired) electrons. The summed E-state index contributed by atoms with van der Waals surface area (Å²) in [6.45, 7) is 6.64. The molecule has 0 saturated heterocycles. The minimum Gasteiger partial charge on any atom is -0.444 e. The van der Waals surface area contributed by atoms with E-state index in [9.17, 15) is 4.79 Å². The van der Waals surface area contributed by atoms with Crippen molar-refractivity contribution in [2.24, 2.45) is 0 Å². The van der Waals surface area contributed by atoms with Crippen molar-refractivity contribution in [1.29, 1.82) is 0 Å². The van der Waals surface area contributed by atoms with E-state index in [2.05, 4.69) is 36.2 Å². The van der Waals surface area contributed by atoms with E-state index in [-0.39, 0.29) is 0 Å². The molecule has 3 heterocycles. The summed E-state index contributed by atoms with van der Waals surface area (Å²) in [7, 11) is 0. The summed E-state index contributed by atoms with van der Waals surface area (Å²) in [5, 5.41) is 23.3. The first-order valence-electron chi connectivity index (χ1n) is 10.0. The standard InChI is InChI=1S/C21H24N8O2/c1-21(2,3)31-20(30)24-9-4-8-23-19-15-7-10-22-12-16(15)14-6-5-13(11-17(14)25-19)18-26-28-29-27-18/h5-7,10-12H,4,8-9H2,1-3H3,(H,23,25)(H,24,30)(H,26,27,28,29). The molecule has 0 unspecified atom stereocenters. The highest BCUT2D eigenvalue weighted by atomic mass is 16.6. The van der Waals surface area contributed by atoms with E-state index < -0.39 is 11.7 Å². The molecular weight excluding hydrogens is 396 g/mol. The van der Waals surface area contributed by atoms with Gasteiger partial charge in [-0.3, -0.25) is 4.98 Å². The molecule has 160 valence electrons. The predicted octanol–water partition coefficient (Wildman–Crippen LogP) is 3.29. The fourth-order valence-electron chi connectivity index (χ4n) is 3.21. The van der Waals surface area contributed by atoms with Gasteiger partial charge in [0, 0.05) is 47.2 Å². The lowest BCUT2D eigenvalue weighted by molar-refractivity contribution is 0.0528. The van der Waals surface area contributed by atoms with E-state index in [1.165, 1.54) is 0 Å². The van der Waals surface area contributed by atoms with E-state index in [1.807, 2.05) is 51.2 Å². The van der Waals surface area contributed by atoms with E-state index in [0.29, 0.717) is 25.3 Å². The third-order valence-electron chi connectivity index (χ3n) is 4.51. The van der Waals surface area contributed by atoms with Gasteiger partial charge in [-0.1, -0.05) is 12.1 Å². The van der Waals surface area contributed by atoms with Crippen molar-refractivity contribution in [3.63, 3.8) is 0 Å². The van der Waals surface area contributed by atoms with Crippen LogP contribution in [0.3, 0.4) is 0 Å². The molecule has 0 aliphatic heterocycles. The minimum absolute atomic E-state index is 0.415. The topological polar surface area (TPSA) is 131 Å². The molecule has 3 N–H and O–H groups in total. The van der Waals surface area contributed by atoms with Crippen LogP contribution >= 0.6 is 0 Å². The number of fused-ring (bicyclic) bond motifs is 3. The van der Waals surface area contributed by atoms with Gasteiger partial charge >= 0.3 is 6.09 Å².